The highest BCUT2D eigenvalue weighted by Gasteiger charge is 2.44. The summed E-state index contributed by atoms with van der Waals surface area (Å²) < 4.78 is 0. The molecule has 1 saturated carbocycles. The van der Waals surface area contributed by atoms with Gasteiger partial charge in [0.1, 0.15) is 0 Å². The van der Waals surface area contributed by atoms with Crippen molar-refractivity contribution in [2.24, 2.45) is 0 Å². The number of carbonyl (C=O) groups is 1. The van der Waals surface area contributed by atoms with Crippen molar-refractivity contribution in [3.05, 3.63) is 53.9 Å². The van der Waals surface area contributed by atoms with Crippen molar-refractivity contribution >= 4 is 5.91 Å². The number of carbonyl (C=O) groups excluding carboxylic acids is 1. The lowest BCUT2D eigenvalue weighted by molar-refractivity contribution is -0.122. The number of hydrogen-bond acceptors (Lipinski definition) is 3. The number of likely N-dealkylation sites (tertiary alicyclic amines) is 1. The van der Waals surface area contributed by atoms with E-state index in [-0.39, 0.29) is 11.3 Å². The fourth-order valence-electron chi connectivity index (χ4n) is 3.98. The molecule has 0 spiro atoms. The predicted molar refractivity (Wildman–Crippen MR) is 97.4 cm³/mol. The van der Waals surface area contributed by atoms with Crippen molar-refractivity contribution in [2.45, 2.75) is 37.0 Å². The third-order valence-corrected chi connectivity index (χ3v) is 5.70. The van der Waals surface area contributed by atoms with Gasteiger partial charge in [-0.15, -0.1) is 0 Å². The lowest BCUT2D eigenvalue weighted by Crippen LogP contribution is -2.43. The van der Waals surface area contributed by atoms with Crippen LogP contribution in [-0.2, 0) is 10.2 Å². The van der Waals surface area contributed by atoms with E-state index in [0.717, 1.165) is 32.5 Å². The van der Waals surface area contributed by atoms with Crippen LogP contribution in [0, 0.1) is 0 Å². The predicted octanol–water partition coefficient (Wildman–Crippen LogP) is 2.44. The largest absolute Gasteiger partial charge is 0.354 e. The standard InChI is InChI=1S/C20H26N4O/c25-19(21-15-20(9-10-20)17-6-2-1-3-7-17)14-24-12-4-5-16(13-24)18-8-11-22-23-18/h1-3,6-8,11,16H,4-5,9-10,12-15H2,(H,21,25)(H,22,23)/t16-/m0/s1. The number of H-pyrrole nitrogens is 1. The summed E-state index contributed by atoms with van der Waals surface area (Å²) in [5.74, 6) is 0.607. The van der Waals surface area contributed by atoms with Crippen LogP contribution in [-0.4, -0.2) is 47.2 Å². The highest BCUT2D eigenvalue weighted by molar-refractivity contribution is 5.78. The van der Waals surface area contributed by atoms with Crippen LogP contribution in [0.25, 0.3) is 0 Å². The number of nitrogens with one attached hydrogen (secondary N) is 2. The van der Waals surface area contributed by atoms with E-state index in [9.17, 15) is 4.79 Å². The third-order valence-electron chi connectivity index (χ3n) is 5.70. The van der Waals surface area contributed by atoms with Crippen molar-refractivity contribution < 1.29 is 4.79 Å². The fraction of sp³-hybridized carbons (Fsp3) is 0.500. The number of rotatable bonds is 6. The van der Waals surface area contributed by atoms with Gasteiger partial charge in [0.15, 0.2) is 0 Å². The second-order valence-electron chi connectivity index (χ2n) is 7.51. The Kier molecular flexibility index (Phi) is 4.57. The summed E-state index contributed by atoms with van der Waals surface area (Å²) in [6.45, 7) is 3.19. The molecule has 1 aliphatic carbocycles. The Morgan fingerprint density at radius 3 is 2.84 bits per heavy atom. The van der Waals surface area contributed by atoms with Gasteiger partial charge in [-0.05, 0) is 43.9 Å². The molecule has 2 N–H and O–H groups in total. The molecule has 2 aromatic rings. The Labute approximate surface area is 148 Å². The van der Waals surface area contributed by atoms with Gasteiger partial charge in [-0.3, -0.25) is 14.8 Å². The smallest absolute Gasteiger partial charge is 0.234 e. The zero-order valence-electron chi connectivity index (χ0n) is 14.6. The number of benzene rings is 1. The molecular formula is C20H26N4O. The lowest BCUT2D eigenvalue weighted by atomic mass is 9.95. The van der Waals surface area contributed by atoms with Crippen molar-refractivity contribution in [1.82, 2.24) is 20.4 Å². The zero-order chi connectivity index (χ0) is 17.1. The van der Waals surface area contributed by atoms with Gasteiger partial charge in [-0.2, -0.15) is 5.10 Å². The van der Waals surface area contributed by atoms with Crippen LogP contribution in [0.5, 0.6) is 0 Å². The van der Waals surface area contributed by atoms with Crippen molar-refractivity contribution in [3.63, 3.8) is 0 Å². The summed E-state index contributed by atoms with van der Waals surface area (Å²) >= 11 is 0. The summed E-state index contributed by atoms with van der Waals surface area (Å²) in [6.07, 6.45) is 6.44. The monoisotopic (exact) mass is 338 g/mol. The molecule has 2 aliphatic rings. The van der Waals surface area contributed by atoms with Gasteiger partial charge in [0.05, 0.1) is 6.54 Å². The van der Waals surface area contributed by atoms with Crippen molar-refractivity contribution in [2.75, 3.05) is 26.2 Å². The average molecular weight is 338 g/mol. The second kappa shape index (κ2) is 7.00. The quantitative estimate of drug-likeness (QED) is 0.850. The Morgan fingerprint density at radius 1 is 1.28 bits per heavy atom. The average Bonchev–Trinajstić information content (AvgIpc) is 3.24. The van der Waals surface area contributed by atoms with E-state index < -0.39 is 0 Å². The van der Waals surface area contributed by atoms with Crippen molar-refractivity contribution in [3.8, 4) is 0 Å². The number of amides is 1. The minimum atomic E-state index is 0.146. The zero-order valence-corrected chi connectivity index (χ0v) is 14.6. The first-order chi connectivity index (χ1) is 12.3. The van der Waals surface area contributed by atoms with Gasteiger partial charge in [0, 0.05) is 36.3 Å². The molecule has 25 heavy (non-hydrogen) atoms. The van der Waals surface area contributed by atoms with Gasteiger partial charge in [0.2, 0.25) is 5.91 Å². The van der Waals surface area contributed by atoms with Crippen molar-refractivity contribution in [1.29, 1.82) is 0 Å². The van der Waals surface area contributed by atoms with Crippen LogP contribution in [0.3, 0.4) is 0 Å². The Hall–Kier alpha value is -2.14. The topological polar surface area (TPSA) is 61.0 Å². The van der Waals surface area contributed by atoms with E-state index in [1.54, 1.807) is 6.20 Å². The molecule has 1 aromatic heterocycles. The molecule has 1 aromatic carbocycles. The molecule has 1 aliphatic heterocycles. The molecule has 1 amide bonds. The van der Waals surface area contributed by atoms with E-state index in [1.807, 2.05) is 12.1 Å². The van der Waals surface area contributed by atoms with Gasteiger partial charge in [-0.25, -0.2) is 0 Å². The molecule has 5 heteroatoms. The maximum Gasteiger partial charge on any atom is 0.234 e. The molecule has 132 valence electrons. The first kappa shape index (κ1) is 16.3. The molecule has 5 nitrogen and oxygen atoms in total. The lowest BCUT2D eigenvalue weighted by Gasteiger charge is -2.31. The van der Waals surface area contributed by atoms with E-state index in [1.165, 1.54) is 24.1 Å². The van der Waals surface area contributed by atoms with Crippen LogP contribution in [0.2, 0.25) is 0 Å². The normalized spacial score (nSPS) is 22.5. The molecule has 2 heterocycles. The number of aromatic nitrogens is 2. The van der Waals surface area contributed by atoms with E-state index in [2.05, 4.69) is 44.7 Å². The Bertz CT molecular complexity index is 694. The van der Waals surface area contributed by atoms with Gasteiger partial charge in [0.25, 0.3) is 0 Å². The highest BCUT2D eigenvalue weighted by Crippen LogP contribution is 2.47. The van der Waals surface area contributed by atoms with Crippen LogP contribution < -0.4 is 5.32 Å². The first-order valence-corrected chi connectivity index (χ1v) is 9.29. The Balaban J connectivity index is 1.28. The number of hydrogen-bond donors (Lipinski definition) is 2. The summed E-state index contributed by atoms with van der Waals surface area (Å²) in [4.78, 5) is 14.7. The second-order valence-corrected chi connectivity index (χ2v) is 7.51. The number of nitrogens with zero attached hydrogens (tertiary/aromatic N) is 2. The van der Waals surface area contributed by atoms with E-state index in [0.29, 0.717) is 12.5 Å². The molecular weight excluding hydrogens is 312 g/mol. The first-order valence-electron chi connectivity index (χ1n) is 9.29. The minimum Gasteiger partial charge on any atom is -0.354 e. The highest BCUT2D eigenvalue weighted by atomic mass is 16.2. The minimum absolute atomic E-state index is 0.146. The van der Waals surface area contributed by atoms with Crippen LogP contribution >= 0.6 is 0 Å². The summed E-state index contributed by atoms with van der Waals surface area (Å²) in [7, 11) is 0. The molecule has 0 bridgehead atoms. The molecule has 1 saturated heterocycles. The van der Waals surface area contributed by atoms with Crippen LogP contribution in [0.4, 0.5) is 0 Å². The van der Waals surface area contributed by atoms with Gasteiger partial charge >= 0.3 is 0 Å². The third kappa shape index (κ3) is 3.76. The maximum atomic E-state index is 12.4. The van der Waals surface area contributed by atoms with Crippen LogP contribution in [0.15, 0.2) is 42.6 Å². The Morgan fingerprint density at radius 2 is 2.12 bits per heavy atom. The summed E-state index contributed by atoms with van der Waals surface area (Å²) in [5.41, 5.74) is 2.72. The molecule has 1 atom stereocenters. The number of aromatic amines is 1. The van der Waals surface area contributed by atoms with Crippen LogP contribution in [0.1, 0.15) is 42.9 Å². The number of piperidine rings is 1. The molecule has 2 fully saturated rings. The van der Waals surface area contributed by atoms with Gasteiger partial charge in [-0.1, -0.05) is 30.3 Å². The maximum absolute atomic E-state index is 12.4. The van der Waals surface area contributed by atoms with Gasteiger partial charge < -0.3 is 5.32 Å². The van der Waals surface area contributed by atoms with E-state index >= 15 is 0 Å². The summed E-state index contributed by atoms with van der Waals surface area (Å²) in [6, 6.07) is 12.6. The van der Waals surface area contributed by atoms with E-state index in [4.69, 9.17) is 0 Å². The molecule has 0 unspecified atom stereocenters. The molecule has 4 rings (SSSR count). The fourth-order valence-corrected chi connectivity index (χ4v) is 3.98. The SMILES string of the molecule is O=C(CN1CCC[C@H](c2ccn[nH]2)C1)NCC1(c2ccccc2)CC1. The molecule has 0 radical (unpaired) electrons. The summed E-state index contributed by atoms with van der Waals surface area (Å²) in [5, 5.41) is 10.3.